The summed E-state index contributed by atoms with van der Waals surface area (Å²) in [5.41, 5.74) is 0.124. The summed E-state index contributed by atoms with van der Waals surface area (Å²) in [7, 11) is 0. The number of hydrogen-bond donors (Lipinski definition) is 2. The van der Waals surface area contributed by atoms with Gasteiger partial charge in [-0.15, -0.1) is 0 Å². The average molecular weight is 349 g/mol. The van der Waals surface area contributed by atoms with Crippen LogP contribution in [0.2, 0.25) is 0 Å². The van der Waals surface area contributed by atoms with E-state index in [1.165, 1.54) is 12.4 Å². The molecule has 0 atom stereocenters. The Bertz CT molecular complexity index is 589. The molecule has 2 heterocycles. The van der Waals surface area contributed by atoms with Crippen LogP contribution < -0.4 is 10.6 Å². The van der Waals surface area contributed by atoms with Crippen LogP contribution in [-0.4, -0.2) is 58.1 Å². The Kier molecular flexibility index (Phi) is 6.17. The first kappa shape index (κ1) is 19.0. The fourth-order valence-electron chi connectivity index (χ4n) is 2.54. The summed E-state index contributed by atoms with van der Waals surface area (Å²) in [4.78, 5) is 33.9. The molecule has 0 unspecified atom stereocenters. The van der Waals surface area contributed by atoms with E-state index in [1.54, 1.807) is 11.8 Å². The summed E-state index contributed by atoms with van der Waals surface area (Å²) in [6.45, 7) is 9.24. The van der Waals surface area contributed by atoms with Gasteiger partial charge in [-0.25, -0.2) is 14.8 Å². The molecule has 1 aromatic rings. The topological polar surface area (TPSA) is 96.5 Å². The maximum absolute atomic E-state index is 12.1. The van der Waals surface area contributed by atoms with Crippen LogP contribution >= 0.6 is 0 Å². The lowest BCUT2D eigenvalue weighted by molar-refractivity contribution is 0.0918. The quantitative estimate of drug-likeness (QED) is 0.863. The minimum Gasteiger partial charge on any atom is -0.450 e. The maximum atomic E-state index is 12.1. The van der Waals surface area contributed by atoms with Crippen LogP contribution in [0.4, 0.5) is 10.7 Å². The third-order valence-corrected chi connectivity index (χ3v) is 3.76. The number of rotatable bonds is 4. The van der Waals surface area contributed by atoms with Crippen LogP contribution in [0.15, 0.2) is 12.4 Å². The molecule has 1 fully saturated rings. The molecule has 8 heteroatoms. The molecule has 1 saturated heterocycles. The van der Waals surface area contributed by atoms with Crippen molar-refractivity contribution in [2.45, 2.75) is 52.1 Å². The Morgan fingerprint density at radius 2 is 1.84 bits per heavy atom. The van der Waals surface area contributed by atoms with E-state index in [-0.39, 0.29) is 23.6 Å². The summed E-state index contributed by atoms with van der Waals surface area (Å²) < 4.78 is 5.01. The van der Waals surface area contributed by atoms with Gasteiger partial charge in [0.05, 0.1) is 12.2 Å². The lowest BCUT2D eigenvalue weighted by Crippen LogP contribution is -2.42. The number of likely N-dealkylation sites (tertiary alicyclic amines) is 1. The molecule has 0 spiro atoms. The van der Waals surface area contributed by atoms with Crippen LogP contribution in [0.25, 0.3) is 0 Å². The van der Waals surface area contributed by atoms with Gasteiger partial charge >= 0.3 is 6.09 Å². The molecule has 0 radical (unpaired) electrons. The van der Waals surface area contributed by atoms with E-state index in [4.69, 9.17) is 4.74 Å². The van der Waals surface area contributed by atoms with E-state index in [2.05, 4.69) is 20.6 Å². The molecular formula is C17H27N5O3. The molecule has 2 rings (SSSR count). The Labute approximate surface area is 148 Å². The van der Waals surface area contributed by atoms with Crippen molar-refractivity contribution in [2.75, 3.05) is 25.0 Å². The molecule has 0 aromatic carbocycles. The Morgan fingerprint density at radius 1 is 1.24 bits per heavy atom. The largest absolute Gasteiger partial charge is 0.450 e. The van der Waals surface area contributed by atoms with Gasteiger partial charge in [0, 0.05) is 37.1 Å². The molecule has 8 nitrogen and oxygen atoms in total. The predicted molar refractivity (Wildman–Crippen MR) is 94.5 cm³/mol. The third-order valence-electron chi connectivity index (χ3n) is 3.76. The first-order chi connectivity index (χ1) is 11.8. The minimum absolute atomic E-state index is 0.193. The Hall–Kier alpha value is -2.38. The van der Waals surface area contributed by atoms with Gasteiger partial charge in [0.2, 0.25) is 5.95 Å². The standard InChI is InChI=1S/C17H27N5O3/c1-5-25-16(24)22-8-6-13(7-9-22)20-15-18-10-12(11-19-15)14(23)21-17(2,3)4/h10-11,13H,5-9H2,1-4H3,(H,21,23)(H,18,19,20). The number of anilines is 1. The number of amides is 2. The Balaban J connectivity index is 1.84. The Morgan fingerprint density at radius 3 is 2.36 bits per heavy atom. The van der Waals surface area contributed by atoms with Crippen LogP contribution in [0.3, 0.4) is 0 Å². The zero-order chi connectivity index (χ0) is 18.4. The highest BCUT2D eigenvalue weighted by Gasteiger charge is 2.24. The minimum atomic E-state index is -0.305. The van der Waals surface area contributed by atoms with Crippen LogP contribution in [0.5, 0.6) is 0 Å². The summed E-state index contributed by atoms with van der Waals surface area (Å²) in [5, 5.41) is 6.13. The van der Waals surface area contributed by atoms with Crippen molar-refractivity contribution in [2.24, 2.45) is 0 Å². The van der Waals surface area contributed by atoms with Crippen molar-refractivity contribution in [1.29, 1.82) is 0 Å². The van der Waals surface area contributed by atoms with Gasteiger partial charge in [-0.05, 0) is 40.5 Å². The van der Waals surface area contributed by atoms with Crippen LogP contribution in [-0.2, 0) is 4.74 Å². The van der Waals surface area contributed by atoms with Gasteiger partial charge in [0.1, 0.15) is 0 Å². The van der Waals surface area contributed by atoms with Crippen LogP contribution in [0, 0.1) is 0 Å². The van der Waals surface area contributed by atoms with Gasteiger partial charge in [-0.1, -0.05) is 0 Å². The monoisotopic (exact) mass is 349 g/mol. The number of piperidine rings is 1. The van der Waals surface area contributed by atoms with Crippen molar-refractivity contribution in [3.8, 4) is 0 Å². The van der Waals surface area contributed by atoms with E-state index in [0.717, 1.165) is 12.8 Å². The number of hydrogen-bond acceptors (Lipinski definition) is 6. The van der Waals surface area contributed by atoms with Gasteiger partial charge < -0.3 is 20.3 Å². The summed E-state index contributed by atoms with van der Waals surface area (Å²) in [5.74, 6) is 0.295. The molecule has 2 N–H and O–H groups in total. The lowest BCUT2D eigenvalue weighted by Gasteiger charge is -2.31. The zero-order valence-corrected chi connectivity index (χ0v) is 15.3. The molecular weight excluding hydrogens is 322 g/mol. The number of carbonyl (C=O) groups is 2. The van der Waals surface area contributed by atoms with E-state index < -0.39 is 0 Å². The van der Waals surface area contributed by atoms with Gasteiger partial charge in [-0.3, -0.25) is 4.79 Å². The average Bonchev–Trinajstić information content (AvgIpc) is 2.55. The van der Waals surface area contributed by atoms with Gasteiger partial charge in [0.25, 0.3) is 5.91 Å². The number of carbonyl (C=O) groups excluding carboxylic acids is 2. The SMILES string of the molecule is CCOC(=O)N1CCC(Nc2ncc(C(=O)NC(C)(C)C)cn2)CC1. The number of nitrogens with one attached hydrogen (secondary N) is 2. The highest BCUT2D eigenvalue weighted by molar-refractivity contribution is 5.94. The number of ether oxygens (including phenoxy) is 1. The normalized spacial score (nSPS) is 15.6. The second-order valence-corrected chi connectivity index (χ2v) is 7.10. The molecule has 0 bridgehead atoms. The van der Waals surface area contributed by atoms with Crippen molar-refractivity contribution >= 4 is 17.9 Å². The second kappa shape index (κ2) is 8.13. The van der Waals surface area contributed by atoms with Crippen molar-refractivity contribution in [1.82, 2.24) is 20.2 Å². The van der Waals surface area contributed by atoms with Gasteiger partial charge in [0.15, 0.2) is 0 Å². The highest BCUT2D eigenvalue weighted by Crippen LogP contribution is 2.15. The van der Waals surface area contributed by atoms with E-state index >= 15 is 0 Å². The van der Waals surface area contributed by atoms with E-state index in [9.17, 15) is 9.59 Å². The highest BCUT2D eigenvalue weighted by atomic mass is 16.6. The summed E-state index contributed by atoms with van der Waals surface area (Å²) in [6, 6.07) is 0.194. The predicted octanol–water partition coefficient (Wildman–Crippen LogP) is 2.04. The van der Waals surface area contributed by atoms with Crippen molar-refractivity contribution < 1.29 is 14.3 Å². The third kappa shape index (κ3) is 5.88. The maximum Gasteiger partial charge on any atom is 0.409 e. The second-order valence-electron chi connectivity index (χ2n) is 7.10. The molecule has 25 heavy (non-hydrogen) atoms. The molecule has 1 aliphatic heterocycles. The van der Waals surface area contributed by atoms with Crippen LogP contribution in [0.1, 0.15) is 50.9 Å². The summed E-state index contributed by atoms with van der Waals surface area (Å²) >= 11 is 0. The fraction of sp³-hybridized carbons (Fsp3) is 0.647. The molecule has 0 aliphatic carbocycles. The molecule has 138 valence electrons. The zero-order valence-electron chi connectivity index (χ0n) is 15.3. The number of nitrogens with zero attached hydrogens (tertiary/aromatic N) is 3. The molecule has 1 aliphatic rings. The van der Waals surface area contributed by atoms with Gasteiger partial charge in [-0.2, -0.15) is 0 Å². The van der Waals surface area contributed by atoms with Crippen molar-refractivity contribution in [3.63, 3.8) is 0 Å². The van der Waals surface area contributed by atoms with Crippen molar-refractivity contribution in [3.05, 3.63) is 18.0 Å². The molecule has 1 aromatic heterocycles. The first-order valence-electron chi connectivity index (χ1n) is 8.61. The molecule has 0 saturated carbocycles. The smallest absolute Gasteiger partial charge is 0.409 e. The number of aromatic nitrogens is 2. The first-order valence-corrected chi connectivity index (χ1v) is 8.61. The molecule has 2 amide bonds. The van der Waals surface area contributed by atoms with E-state index in [0.29, 0.717) is 31.2 Å². The summed E-state index contributed by atoms with van der Waals surface area (Å²) in [6.07, 6.45) is 4.38. The fourth-order valence-corrected chi connectivity index (χ4v) is 2.54. The van der Waals surface area contributed by atoms with E-state index in [1.807, 2.05) is 20.8 Å². The lowest BCUT2D eigenvalue weighted by atomic mass is 10.1.